The monoisotopic (exact) mass is 203 g/mol. The summed E-state index contributed by atoms with van der Waals surface area (Å²) >= 11 is -5.22. The van der Waals surface area contributed by atoms with E-state index in [2.05, 4.69) is 0 Å². The van der Waals surface area contributed by atoms with Crippen LogP contribution in [0.1, 0.15) is 0 Å². The molecule has 9 heavy (non-hydrogen) atoms. The van der Waals surface area contributed by atoms with Crippen molar-refractivity contribution in [3.63, 3.8) is 0 Å². The van der Waals surface area contributed by atoms with Crippen LogP contribution in [0.15, 0.2) is 0 Å². The Morgan fingerprint density at radius 2 is 0.778 bits per heavy atom. The minimum atomic E-state index is -2.61. The van der Waals surface area contributed by atoms with Gasteiger partial charge in [-0.05, 0) is 0 Å². The maximum Gasteiger partial charge on any atom is 0.299 e. The van der Waals surface area contributed by atoms with Crippen molar-refractivity contribution in [1.82, 2.24) is 0 Å². The second-order valence-corrected chi connectivity index (χ2v) is 1.38. The van der Waals surface area contributed by atoms with Crippen LogP contribution in [0, 0.1) is 0 Å². The zero-order chi connectivity index (χ0) is 7.15. The topological polar surface area (TPSA) is 115 Å². The van der Waals surface area contributed by atoms with E-state index >= 15 is 0 Å². The number of hydrogen-bond donors (Lipinski definition) is 4. The van der Waals surface area contributed by atoms with Crippen LogP contribution in [0.3, 0.4) is 0 Å². The minimum Gasteiger partial charge on any atom is -0.284 e. The molecular weight excluding hydrogens is 199 g/mol. The number of rotatable bonds is 0. The Morgan fingerprint density at radius 1 is 0.778 bits per heavy atom. The van der Waals surface area contributed by atoms with Crippen molar-refractivity contribution in [2.45, 2.75) is 0 Å². The van der Waals surface area contributed by atoms with Crippen LogP contribution in [-0.2, 0) is 22.7 Å². The predicted molar refractivity (Wildman–Crippen MR) is 32.6 cm³/mol. The Morgan fingerprint density at radius 3 is 0.778 bits per heavy atom. The summed E-state index contributed by atoms with van der Waals surface area (Å²) in [6, 6.07) is 0. The van der Waals surface area contributed by atoms with Crippen LogP contribution in [0.5, 0.6) is 0 Å². The van der Waals surface area contributed by atoms with E-state index in [0.29, 0.717) is 0 Å². The van der Waals surface area contributed by atoms with Gasteiger partial charge in [0.1, 0.15) is 0 Å². The summed E-state index contributed by atoms with van der Waals surface area (Å²) in [7, 11) is 0. The fourth-order valence-electron chi connectivity index (χ4n) is 0. The van der Waals surface area contributed by atoms with Gasteiger partial charge >= 0.3 is 0 Å². The Kier molecular flexibility index (Phi) is 23.6. The summed E-state index contributed by atoms with van der Waals surface area (Å²) < 4.78 is 45.7. The van der Waals surface area contributed by atoms with E-state index < -0.39 is 22.7 Å². The summed E-state index contributed by atoms with van der Waals surface area (Å²) in [5.74, 6) is 0. The molecule has 0 saturated heterocycles. The van der Waals surface area contributed by atoms with E-state index in [1.165, 1.54) is 0 Å². The Balaban J connectivity index is -0.0000000720. The second-order valence-electron chi connectivity index (χ2n) is 0.461. The van der Waals surface area contributed by atoms with Gasteiger partial charge in [-0.15, -0.1) is 0 Å². The molecule has 4 N–H and O–H groups in total. The van der Waals surface area contributed by atoms with Crippen molar-refractivity contribution < 1.29 is 26.6 Å². The molecule has 0 aliphatic carbocycles. The van der Waals surface area contributed by atoms with Gasteiger partial charge in [0.2, 0.25) is 0 Å². The molecule has 0 fully saturated rings. The zero-order valence-electron chi connectivity index (χ0n) is 4.42. The van der Waals surface area contributed by atoms with E-state index in [4.69, 9.17) is 26.6 Å². The second kappa shape index (κ2) is 12.5. The van der Waals surface area contributed by atoms with Gasteiger partial charge < -0.3 is 0 Å². The van der Waals surface area contributed by atoms with E-state index in [1.54, 1.807) is 0 Å². The normalized spacial score (nSPS) is 7.78. The summed E-state index contributed by atoms with van der Waals surface area (Å²) in [6.45, 7) is 0. The van der Waals surface area contributed by atoms with Gasteiger partial charge in [0, 0.05) is 51.4 Å². The van der Waals surface area contributed by atoms with Gasteiger partial charge in [0.25, 0.3) is 22.7 Å². The van der Waals surface area contributed by atoms with Gasteiger partial charge in [0.15, 0.2) is 0 Å². The van der Waals surface area contributed by atoms with Gasteiger partial charge in [-0.2, -0.15) is 8.42 Å². The first-order chi connectivity index (χ1) is 3.46. The molecule has 0 heterocycles. The molecule has 0 aliphatic rings. The van der Waals surface area contributed by atoms with Crippen LogP contribution in [0.2, 0.25) is 0 Å². The molecule has 53 valence electrons. The SMILES string of the molecule is O=S(O)O.O=S(O)O.[K]. The molecule has 0 rings (SSSR count). The average molecular weight is 203 g/mol. The quantitative estimate of drug-likeness (QED) is 0.296. The first kappa shape index (κ1) is 17.0. The van der Waals surface area contributed by atoms with Crippen molar-refractivity contribution in [3.8, 4) is 0 Å². The third-order valence-electron chi connectivity index (χ3n) is 0. The minimum absolute atomic E-state index is 0. The molecule has 0 bridgehead atoms. The van der Waals surface area contributed by atoms with Crippen molar-refractivity contribution in [3.05, 3.63) is 0 Å². The van der Waals surface area contributed by atoms with Crippen LogP contribution in [-0.4, -0.2) is 78.0 Å². The van der Waals surface area contributed by atoms with E-state index in [0.717, 1.165) is 0 Å². The fraction of sp³-hybridized carbons (Fsp3) is 0. The molecule has 0 saturated carbocycles. The molecule has 0 aromatic heterocycles. The van der Waals surface area contributed by atoms with Crippen LogP contribution in [0.25, 0.3) is 0 Å². The summed E-state index contributed by atoms with van der Waals surface area (Å²) in [5, 5.41) is 0. The molecule has 0 aliphatic heterocycles. The van der Waals surface area contributed by atoms with Gasteiger partial charge in [-0.25, -0.2) is 0 Å². The Labute approximate surface area is 99.1 Å². The summed E-state index contributed by atoms with van der Waals surface area (Å²) in [6.07, 6.45) is 0. The summed E-state index contributed by atoms with van der Waals surface area (Å²) in [5.41, 5.74) is 0. The molecule has 1 radical (unpaired) electrons. The molecule has 6 nitrogen and oxygen atoms in total. The van der Waals surface area contributed by atoms with E-state index in [-0.39, 0.29) is 51.4 Å². The van der Waals surface area contributed by atoms with Crippen molar-refractivity contribution in [1.29, 1.82) is 0 Å². The largest absolute Gasteiger partial charge is 0.299 e. The summed E-state index contributed by atoms with van der Waals surface area (Å²) in [4.78, 5) is 0. The van der Waals surface area contributed by atoms with Crippen molar-refractivity contribution >= 4 is 74.1 Å². The fourth-order valence-corrected chi connectivity index (χ4v) is 0. The molecule has 0 spiro atoms. The Hall–Kier alpha value is 1.78. The van der Waals surface area contributed by atoms with Gasteiger partial charge in [0.05, 0.1) is 0 Å². The van der Waals surface area contributed by atoms with Gasteiger partial charge in [-0.1, -0.05) is 0 Å². The zero-order valence-corrected chi connectivity index (χ0v) is 9.18. The van der Waals surface area contributed by atoms with Crippen molar-refractivity contribution in [2.24, 2.45) is 0 Å². The van der Waals surface area contributed by atoms with Crippen LogP contribution in [0.4, 0.5) is 0 Å². The average Bonchev–Trinajstić information content (AvgIpc) is 1.25. The third kappa shape index (κ3) is 187. The predicted octanol–water partition coefficient (Wildman–Crippen LogP) is -1.02. The molecule has 0 unspecified atom stereocenters. The maximum atomic E-state index is 8.67. The van der Waals surface area contributed by atoms with Gasteiger partial charge in [-0.3, -0.25) is 18.2 Å². The van der Waals surface area contributed by atoms with E-state index in [9.17, 15) is 0 Å². The molecule has 0 aromatic carbocycles. The Bertz CT molecular complexity index is 69.1. The smallest absolute Gasteiger partial charge is 0.284 e. The molecule has 0 aromatic rings. The first-order valence-corrected chi connectivity index (χ1v) is 3.19. The number of hydrogen-bond acceptors (Lipinski definition) is 2. The third-order valence-corrected chi connectivity index (χ3v) is 0. The molecule has 0 atom stereocenters. The van der Waals surface area contributed by atoms with Crippen LogP contribution < -0.4 is 0 Å². The standard InChI is InChI=1S/K.2H2O3S/c;2*1-4(2)3/h;2*(H2,1,2,3). The molecule has 9 heteroatoms. The van der Waals surface area contributed by atoms with Crippen molar-refractivity contribution in [2.75, 3.05) is 0 Å². The maximum absolute atomic E-state index is 8.67. The van der Waals surface area contributed by atoms with E-state index in [1.807, 2.05) is 0 Å². The van der Waals surface area contributed by atoms with Crippen LogP contribution >= 0.6 is 0 Å². The first-order valence-electron chi connectivity index (χ1n) is 1.06. The molecular formula is H4KO6S2. The molecule has 0 amide bonds.